The van der Waals surface area contributed by atoms with Crippen LogP contribution in [0.5, 0.6) is 17.2 Å². The predicted octanol–water partition coefficient (Wildman–Crippen LogP) is 8.37. The van der Waals surface area contributed by atoms with Crippen LogP contribution in [0.4, 0.5) is 0 Å². The van der Waals surface area contributed by atoms with Gasteiger partial charge in [-0.05, 0) is 73.0 Å². The van der Waals surface area contributed by atoms with Gasteiger partial charge in [-0.3, -0.25) is 0 Å². The van der Waals surface area contributed by atoms with Crippen LogP contribution in [0.3, 0.4) is 0 Å². The van der Waals surface area contributed by atoms with Gasteiger partial charge in [0.15, 0.2) is 0 Å². The number of nitrogens with zero attached hydrogens (tertiary/aromatic N) is 1. The normalized spacial score (nSPS) is 14.2. The molecule has 5 aromatic rings. The lowest BCUT2D eigenvalue weighted by atomic mass is 9.83. The number of aryl methyl sites for hydroxylation is 2. The van der Waals surface area contributed by atoms with Crippen molar-refractivity contribution in [1.82, 2.24) is 0 Å². The van der Waals surface area contributed by atoms with Gasteiger partial charge in [0, 0.05) is 32.6 Å². The number of ether oxygens (including phenoxy) is 3. The zero-order valence-corrected chi connectivity index (χ0v) is 24.6. The van der Waals surface area contributed by atoms with Gasteiger partial charge in [0.25, 0.3) is 0 Å². The smallest absolute Gasteiger partial charge is 0.379 e. The molecule has 1 aromatic heterocycles. The highest BCUT2D eigenvalue weighted by Crippen LogP contribution is 2.44. The highest BCUT2D eigenvalue weighted by atomic mass is 35.5. The zero-order chi connectivity index (χ0) is 30.2. The Morgan fingerprint density at radius 1 is 1.00 bits per heavy atom. The van der Waals surface area contributed by atoms with E-state index < -0.39 is 11.9 Å². The number of fused-ring (bicyclic) bond motifs is 2. The van der Waals surface area contributed by atoms with E-state index in [-0.39, 0.29) is 23.0 Å². The van der Waals surface area contributed by atoms with E-state index in [1.165, 1.54) is 0 Å². The monoisotopic (exact) mass is 610 g/mol. The number of furan rings is 1. The van der Waals surface area contributed by atoms with Gasteiger partial charge in [-0.15, -0.1) is 0 Å². The molecule has 43 heavy (non-hydrogen) atoms. The summed E-state index contributed by atoms with van der Waals surface area (Å²) in [7, 11) is 0. The van der Waals surface area contributed by atoms with Gasteiger partial charge in [0.1, 0.15) is 41.1 Å². The molecule has 0 saturated carbocycles. The number of hydrogen-bond acceptors (Lipinski definition) is 7. The third-order valence-corrected chi connectivity index (χ3v) is 7.97. The molecule has 4 aromatic carbocycles. The first-order valence-electron chi connectivity index (χ1n) is 13.3. The van der Waals surface area contributed by atoms with E-state index >= 15 is 0 Å². The van der Waals surface area contributed by atoms with Crippen molar-refractivity contribution in [3.05, 3.63) is 134 Å². The Hall–Kier alpha value is -4.90. The molecule has 0 saturated heterocycles. The molecule has 0 spiro atoms. The number of nitrogens with two attached hydrogens (primary N) is 1. The summed E-state index contributed by atoms with van der Waals surface area (Å²) >= 11 is 12.3. The van der Waals surface area contributed by atoms with E-state index in [0.717, 1.165) is 22.1 Å². The third-order valence-electron chi connectivity index (χ3n) is 7.31. The van der Waals surface area contributed by atoms with Crippen molar-refractivity contribution in [2.75, 3.05) is 0 Å². The first kappa shape index (κ1) is 28.2. The lowest BCUT2D eigenvalue weighted by Crippen LogP contribution is -2.21. The number of carbonyl (C=O) groups excluding carboxylic acids is 1. The molecule has 1 aliphatic heterocycles. The zero-order valence-electron chi connectivity index (χ0n) is 23.1. The van der Waals surface area contributed by atoms with Crippen LogP contribution in [0.25, 0.3) is 11.0 Å². The SMILES string of the molecule is Cc1cc2oc(C(=O)Oc3ccc4c(c3)OC(N)=C(C#N)C4c3cccc(OCc4ccc(Cl)cc4)c3)c(C)c2cc1Cl. The summed E-state index contributed by atoms with van der Waals surface area (Å²) in [6.45, 7) is 3.98. The second-order valence-electron chi connectivity index (χ2n) is 10.2. The maximum Gasteiger partial charge on any atom is 0.379 e. The van der Waals surface area contributed by atoms with Crippen LogP contribution in [0, 0.1) is 25.2 Å². The Kier molecular flexibility index (Phi) is 7.49. The minimum atomic E-state index is -0.665. The number of benzene rings is 4. The Morgan fingerprint density at radius 2 is 1.79 bits per heavy atom. The summed E-state index contributed by atoms with van der Waals surface area (Å²) in [6, 6.07) is 25.6. The number of hydrogen-bond donors (Lipinski definition) is 1. The minimum Gasteiger partial charge on any atom is -0.489 e. The number of esters is 1. The number of carbonyl (C=O) groups is 1. The van der Waals surface area contributed by atoms with Gasteiger partial charge < -0.3 is 24.4 Å². The first-order valence-corrected chi connectivity index (χ1v) is 14.1. The summed E-state index contributed by atoms with van der Waals surface area (Å²) in [6.07, 6.45) is 0. The predicted molar refractivity (Wildman–Crippen MR) is 164 cm³/mol. The quantitative estimate of drug-likeness (QED) is 0.152. The van der Waals surface area contributed by atoms with Crippen molar-refractivity contribution in [3.8, 4) is 23.3 Å². The van der Waals surface area contributed by atoms with Crippen LogP contribution >= 0.6 is 23.2 Å². The maximum absolute atomic E-state index is 13.1. The van der Waals surface area contributed by atoms with Gasteiger partial charge >= 0.3 is 5.97 Å². The summed E-state index contributed by atoms with van der Waals surface area (Å²) in [5.41, 5.74) is 10.9. The van der Waals surface area contributed by atoms with Crippen LogP contribution in [0.15, 0.2) is 94.7 Å². The molecule has 2 N–H and O–H groups in total. The van der Waals surface area contributed by atoms with Crippen LogP contribution in [-0.2, 0) is 6.61 Å². The van der Waals surface area contributed by atoms with Crippen molar-refractivity contribution in [2.45, 2.75) is 26.4 Å². The number of nitriles is 1. The Labute approximate surface area is 257 Å². The first-order chi connectivity index (χ1) is 20.7. The van der Waals surface area contributed by atoms with Crippen LogP contribution in [-0.4, -0.2) is 5.97 Å². The van der Waals surface area contributed by atoms with Crippen molar-refractivity contribution in [2.24, 2.45) is 5.73 Å². The summed E-state index contributed by atoms with van der Waals surface area (Å²) < 4.78 is 23.3. The topological polar surface area (TPSA) is 108 Å². The molecular formula is C34H24Cl2N2O5. The minimum absolute atomic E-state index is 0.0312. The Balaban J connectivity index is 1.27. The molecule has 7 nitrogen and oxygen atoms in total. The van der Waals surface area contributed by atoms with Crippen molar-refractivity contribution < 1.29 is 23.4 Å². The van der Waals surface area contributed by atoms with Gasteiger partial charge in [-0.1, -0.05) is 53.5 Å². The average Bonchev–Trinajstić information content (AvgIpc) is 3.31. The fourth-order valence-electron chi connectivity index (χ4n) is 5.06. The fourth-order valence-corrected chi connectivity index (χ4v) is 5.35. The highest BCUT2D eigenvalue weighted by molar-refractivity contribution is 6.32. The van der Waals surface area contributed by atoms with Crippen molar-refractivity contribution in [3.63, 3.8) is 0 Å². The van der Waals surface area contributed by atoms with E-state index in [2.05, 4.69) is 6.07 Å². The Morgan fingerprint density at radius 3 is 2.56 bits per heavy atom. The van der Waals surface area contributed by atoms with E-state index in [9.17, 15) is 10.1 Å². The largest absolute Gasteiger partial charge is 0.489 e. The highest BCUT2D eigenvalue weighted by Gasteiger charge is 2.31. The molecule has 0 radical (unpaired) electrons. The molecule has 0 aliphatic carbocycles. The van der Waals surface area contributed by atoms with Crippen LogP contribution in [0.2, 0.25) is 10.0 Å². The number of rotatable bonds is 6. The molecule has 1 aliphatic rings. The Bertz CT molecular complexity index is 1970. The lowest BCUT2D eigenvalue weighted by molar-refractivity contribution is 0.0702. The summed E-state index contributed by atoms with van der Waals surface area (Å²) in [5.74, 6) is 0.0725. The number of allylic oxidation sites excluding steroid dienone is 1. The van der Waals surface area contributed by atoms with Gasteiger partial charge in [-0.25, -0.2) is 4.79 Å². The average molecular weight is 611 g/mol. The van der Waals surface area contributed by atoms with Crippen molar-refractivity contribution >= 4 is 40.1 Å². The molecule has 0 bridgehead atoms. The standard InChI is InChI=1S/C34H24Cl2N2O5/c1-18-12-29-26(15-28(18)36)19(2)32(42-29)34(39)41-24-10-11-25-30(14-24)43-33(38)27(16-37)31(25)21-4-3-5-23(13-21)40-17-20-6-8-22(35)9-7-20/h3-15,31H,17,38H2,1-2H3. The fraction of sp³-hybridized carbons (Fsp3) is 0.118. The molecule has 0 amide bonds. The van der Waals surface area contributed by atoms with Crippen molar-refractivity contribution in [1.29, 1.82) is 5.26 Å². The second-order valence-corrected chi connectivity index (χ2v) is 11.0. The third kappa shape index (κ3) is 5.51. The van der Waals surface area contributed by atoms with E-state index in [4.69, 9.17) is 47.6 Å². The summed E-state index contributed by atoms with van der Waals surface area (Å²) in [5, 5.41) is 12.0. The molecule has 6 rings (SSSR count). The molecular weight excluding hydrogens is 587 g/mol. The van der Waals surface area contributed by atoms with E-state index in [1.54, 1.807) is 37.3 Å². The lowest BCUT2D eigenvalue weighted by Gasteiger charge is -2.27. The van der Waals surface area contributed by atoms with Crippen LogP contribution < -0.4 is 19.9 Å². The molecule has 0 fully saturated rings. The van der Waals surface area contributed by atoms with Gasteiger partial charge in [0.05, 0.1) is 5.92 Å². The van der Waals surface area contributed by atoms with Crippen LogP contribution in [0.1, 0.15) is 44.3 Å². The van der Waals surface area contributed by atoms with Gasteiger partial charge in [-0.2, -0.15) is 5.26 Å². The van der Waals surface area contributed by atoms with E-state index in [1.807, 2.05) is 55.5 Å². The molecule has 1 unspecified atom stereocenters. The van der Waals surface area contributed by atoms with E-state index in [0.29, 0.717) is 44.9 Å². The number of halogens is 2. The molecule has 214 valence electrons. The van der Waals surface area contributed by atoms with Gasteiger partial charge in [0.2, 0.25) is 11.6 Å². The molecule has 1 atom stereocenters. The second kappa shape index (κ2) is 11.4. The summed E-state index contributed by atoms with van der Waals surface area (Å²) in [4.78, 5) is 13.1. The molecule has 2 heterocycles. The maximum atomic E-state index is 13.1. The molecule has 9 heteroatoms.